The van der Waals surface area contributed by atoms with Gasteiger partial charge in [-0.2, -0.15) is 0 Å². The van der Waals surface area contributed by atoms with Crippen LogP contribution in [0.25, 0.3) is 6.08 Å². The van der Waals surface area contributed by atoms with Gasteiger partial charge in [0.05, 0.1) is 4.91 Å². The molecule has 0 saturated carbocycles. The van der Waals surface area contributed by atoms with Crippen molar-refractivity contribution in [2.24, 2.45) is 5.92 Å². The van der Waals surface area contributed by atoms with Crippen molar-refractivity contribution < 1.29 is 18.8 Å². The number of halogens is 1. The van der Waals surface area contributed by atoms with Crippen LogP contribution in [0, 0.1) is 11.7 Å². The average molecular weight is 362 g/mol. The summed E-state index contributed by atoms with van der Waals surface area (Å²) in [6.45, 7) is 3.27. The summed E-state index contributed by atoms with van der Waals surface area (Å²) in [5.74, 6) is -0.443. The molecule has 0 N–H and O–H groups in total. The van der Waals surface area contributed by atoms with Crippen LogP contribution in [0.2, 0.25) is 0 Å². The molecule has 1 aromatic carbocycles. The number of hydrogen-bond acceptors (Lipinski definition) is 4. The number of piperidine rings is 1. The van der Waals surface area contributed by atoms with E-state index in [9.17, 15) is 18.8 Å². The molecule has 1 aromatic rings. The normalized spacial score (nSPS) is 20.6. The molecule has 0 unspecified atom stereocenters. The Hall–Kier alpha value is -2.15. The SMILES string of the molecule is CC1CCN(C(=O)CN2C(=O)S/C(=C/c3ccc(F)cc3)C2=O)CC1. The molecule has 0 bridgehead atoms. The highest BCUT2D eigenvalue weighted by Gasteiger charge is 2.37. The summed E-state index contributed by atoms with van der Waals surface area (Å²) in [5, 5.41) is -0.447. The summed E-state index contributed by atoms with van der Waals surface area (Å²) in [4.78, 5) is 39.8. The van der Waals surface area contributed by atoms with Gasteiger partial charge >= 0.3 is 0 Å². The molecule has 3 amide bonds. The molecule has 5 nitrogen and oxygen atoms in total. The van der Waals surface area contributed by atoms with E-state index < -0.39 is 11.1 Å². The molecule has 7 heteroatoms. The highest BCUT2D eigenvalue weighted by Crippen LogP contribution is 2.32. The summed E-state index contributed by atoms with van der Waals surface area (Å²) in [7, 11) is 0. The van der Waals surface area contributed by atoms with Crippen LogP contribution in [0.4, 0.5) is 9.18 Å². The Kier molecular flexibility index (Phi) is 5.22. The fourth-order valence-corrected chi connectivity index (χ4v) is 3.68. The van der Waals surface area contributed by atoms with Gasteiger partial charge in [-0.25, -0.2) is 4.39 Å². The number of amides is 3. The Bertz CT molecular complexity index is 724. The molecule has 0 radical (unpaired) electrons. The van der Waals surface area contributed by atoms with E-state index in [4.69, 9.17) is 0 Å². The Labute approximate surface area is 149 Å². The van der Waals surface area contributed by atoms with Gasteiger partial charge in [0.1, 0.15) is 12.4 Å². The van der Waals surface area contributed by atoms with Gasteiger partial charge in [-0.15, -0.1) is 0 Å². The van der Waals surface area contributed by atoms with Gasteiger partial charge in [0.15, 0.2) is 0 Å². The number of hydrogen-bond donors (Lipinski definition) is 0. The lowest BCUT2D eigenvalue weighted by molar-refractivity contribution is -0.136. The number of imide groups is 1. The molecule has 2 aliphatic rings. The summed E-state index contributed by atoms with van der Waals surface area (Å²) in [6.07, 6.45) is 3.42. The Morgan fingerprint density at radius 2 is 1.88 bits per heavy atom. The van der Waals surface area contributed by atoms with Crippen LogP contribution in [-0.2, 0) is 9.59 Å². The maximum Gasteiger partial charge on any atom is 0.294 e. The van der Waals surface area contributed by atoms with Crippen molar-refractivity contribution in [1.82, 2.24) is 9.80 Å². The molecule has 0 atom stereocenters. The minimum absolute atomic E-state index is 0.197. The topological polar surface area (TPSA) is 57.7 Å². The van der Waals surface area contributed by atoms with Crippen LogP contribution < -0.4 is 0 Å². The van der Waals surface area contributed by atoms with Crippen LogP contribution in [-0.4, -0.2) is 46.5 Å². The number of carbonyl (C=O) groups is 3. The van der Waals surface area contributed by atoms with Gasteiger partial charge in [-0.1, -0.05) is 19.1 Å². The molecule has 0 aliphatic carbocycles. The molecule has 2 saturated heterocycles. The fourth-order valence-electron chi connectivity index (χ4n) is 2.84. The van der Waals surface area contributed by atoms with E-state index in [1.54, 1.807) is 4.90 Å². The van der Waals surface area contributed by atoms with Crippen LogP contribution in [0.3, 0.4) is 0 Å². The second-order valence-electron chi connectivity index (χ2n) is 6.38. The van der Waals surface area contributed by atoms with Gasteiger partial charge in [0, 0.05) is 13.1 Å². The minimum atomic E-state index is -0.474. The van der Waals surface area contributed by atoms with Crippen LogP contribution in [0.5, 0.6) is 0 Å². The maximum absolute atomic E-state index is 12.9. The van der Waals surface area contributed by atoms with Gasteiger partial charge in [-0.3, -0.25) is 19.3 Å². The van der Waals surface area contributed by atoms with Crippen molar-refractivity contribution in [3.05, 3.63) is 40.6 Å². The summed E-state index contributed by atoms with van der Waals surface area (Å²) >= 11 is 0.804. The van der Waals surface area contributed by atoms with E-state index in [0.29, 0.717) is 24.6 Å². The second kappa shape index (κ2) is 7.39. The largest absolute Gasteiger partial charge is 0.341 e. The number of carbonyl (C=O) groups excluding carboxylic acids is 3. The third-order valence-electron chi connectivity index (χ3n) is 4.47. The van der Waals surface area contributed by atoms with Gasteiger partial charge in [0.2, 0.25) is 5.91 Å². The summed E-state index contributed by atoms with van der Waals surface area (Å²) in [6, 6.07) is 5.64. The molecule has 3 rings (SSSR count). The van der Waals surface area contributed by atoms with Crippen LogP contribution in [0.15, 0.2) is 29.2 Å². The Balaban J connectivity index is 1.67. The standard InChI is InChI=1S/C18H19FN2O3S/c1-12-6-8-20(9-7-12)16(22)11-21-17(23)15(25-18(21)24)10-13-2-4-14(19)5-3-13/h2-5,10,12H,6-9,11H2,1H3/b15-10+. The molecule has 25 heavy (non-hydrogen) atoms. The maximum atomic E-state index is 12.9. The highest BCUT2D eigenvalue weighted by molar-refractivity contribution is 8.18. The van der Waals surface area contributed by atoms with Crippen molar-refractivity contribution in [1.29, 1.82) is 0 Å². The lowest BCUT2D eigenvalue weighted by Gasteiger charge is -2.31. The molecular weight excluding hydrogens is 343 g/mol. The van der Waals surface area contributed by atoms with E-state index in [-0.39, 0.29) is 23.2 Å². The van der Waals surface area contributed by atoms with Crippen molar-refractivity contribution in [3.63, 3.8) is 0 Å². The van der Waals surface area contributed by atoms with Crippen LogP contribution >= 0.6 is 11.8 Å². The first-order valence-corrected chi connectivity index (χ1v) is 9.04. The first kappa shape index (κ1) is 17.7. The second-order valence-corrected chi connectivity index (χ2v) is 7.38. The molecule has 0 spiro atoms. The zero-order chi connectivity index (χ0) is 18.0. The number of rotatable bonds is 3. The fraction of sp³-hybridized carbons (Fsp3) is 0.389. The van der Waals surface area contributed by atoms with E-state index in [0.717, 1.165) is 29.5 Å². The zero-order valence-electron chi connectivity index (χ0n) is 13.9. The molecule has 0 aromatic heterocycles. The minimum Gasteiger partial charge on any atom is -0.341 e. The summed E-state index contributed by atoms with van der Waals surface area (Å²) < 4.78 is 12.9. The molecule has 2 heterocycles. The number of nitrogens with zero attached hydrogens (tertiary/aromatic N) is 2. The van der Waals surface area contributed by atoms with Crippen molar-refractivity contribution >= 4 is 34.9 Å². The van der Waals surface area contributed by atoms with E-state index in [2.05, 4.69) is 6.92 Å². The van der Waals surface area contributed by atoms with Gasteiger partial charge < -0.3 is 4.90 Å². The Morgan fingerprint density at radius 1 is 1.24 bits per heavy atom. The van der Waals surface area contributed by atoms with Crippen molar-refractivity contribution in [2.45, 2.75) is 19.8 Å². The molecule has 132 valence electrons. The van der Waals surface area contributed by atoms with E-state index >= 15 is 0 Å². The smallest absolute Gasteiger partial charge is 0.294 e. The van der Waals surface area contributed by atoms with Crippen molar-refractivity contribution in [2.75, 3.05) is 19.6 Å². The molecule has 2 aliphatic heterocycles. The lowest BCUT2D eigenvalue weighted by atomic mass is 9.99. The van der Waals surface area contributed by atoms with Crippen molar-refractivity contribution in [3.8, 4) is 0 Å². The number of benzene rings is 1. The average Bonchev–Trinajstić information content (AvgIpc) is 2.85. The van der Waals surface area contributed by atoms with Crippen LogP contribution in [0.1, 0.15) is 25.3 Å². The van der Waals surface area contributed by atoms with E-state index in [1.165, 1.54) is 30.3 Å². The van der Waals surface area contributed by atoms with Gasteiger partial charge in [0.25, 0.3) is 11.1 Å². The highest BCUT2D eigenvalue weighted by atomic mass is 32.2. The molecule has 2 fully saturated rings. The Morgan fingerprint density at radius 3 is 2.52 bits per heavy atom. The third-order valence-corrected chi connectivity index (χ3v) is 5.38. The lowest BCUT2D eigenvalue weighted by Crippen LogP contribution is -2.45. The number of thioether (sulfide) groups is 1. The predicted octanol–water partition coefficient (Wildman–Crippen LogP) is 3.12. The zero-order valence-corrected chi connectivity index (χ0v) is 14.7. The van der Waals surface area contributed by atoms with Gasteiger partial charge in [-0.05, 0) is 54.3 Å². The molecular formula is C18H19FN2O3S. The third kappa shape index (κ3) is 4.10. The first-order chi connectivity index (χ1) is 11.9. The summed E-state index contributed by atoms with van der Waals surface area (Å²) in [5.41, 5.74) is 0.628. The predicted molar refractivity (Wildman–Crippen MR) is 94.1 cm³/mol. The first-order valence-electron chi connectivity index (χ1n) is 8.23. The monoisotopic (exact) mass is 362 g/mol. The quantitative estimate of drug-likeness (QED) is 0.775. The van der Waals surface area contributed by atoms with E-state index in [1.807, 2.05) is 0 Å². The number of likely N-dealkylation sites (tertiary alicyclic amines) is 1.